The van der Waals surface area contributed by atoms with Crippen LogP contribution in [-0.2, 0) is 11.3 Å². The van der Waals surface area contributed by atoms with Gasteiger partial charge in [0.2, 0.25) is 0 Å². The summed E-state index contributed by atoms with van der Waals surface area (Å²) in [5, 5.41) is 3.31. The highest BCUT2D eigenvalue weighted by atomic mass is 127. The van der Waals surface area contributed by atoms with Crippen molar-refractivity contribution in [2.45, 2.75) is 12.6 Å². The Morgan fingerprint density at radius 2 is 1.92 bits per heavy atom. The molecule has 1 atom stereocenters. The van der Waals surface area contributed by atoms with E-state index in [1.54, 1.807) is 20.2 Å². The quantitative estimate of drug-likeness (QED) is 0.407. The maximum Gasteiger partial charge on any atom is 0.193 e. The average Bonchev–Trinajstić information content (AvgIpc) is 2.59. The molecule has 0 saturated carbocycles. The Morgan fingerprint density at radius 3 is 2.52 bits per heavy atom. The fourth-order valence-corrected chi connectivity index (χ4v) is 2.56. The number of benzene rings is 2. The fraction of sp³-hybridized carbons (Fsp3) is 0.316. The molecule has 0 aliphatic carbocycles. The summed E-state index contributed by atoms with van der Waals surface area (Å²) in [6.07, 6.45) is -0.0643. The van der Waals surface area contributed by atoms with Gasteiger partial charge in [0.25, 0.3) is 0 Å². The van der Waals surface area contributed by atoms with Crippen LogP contribution in [0.5, 0.6) is 0 Å². The van der Waals surface area contributed by atoms with Crippen LogP contribution in [0.3, 0.4) is 0 Å². The van der Waals surface area contributed by atoms with E-state index in [4.69, 9.17) is 4.74 Å². The lowest BCUT2D eigenvalue weighted by Crippen LogP contribution is -2.40. The maximum atomic E-state index is 13.3. The van der Waals surface area contributed by atoms with E-state index >= 15 is 0 Å². The molecule has 0 aliphatic heterocycles. The van der Waals surface area contributed by atoms with Gasteiger partial charge in [-0.1, -0.05) is 42.5 Å². The van der Waals surface area contributed by atoms with Crippen molar-refractivity contribution in [1.82, 2.24) is 10.2 Å². The number of methoxy groups -OCH3 is 1. The van der Waals surface area contributed by atoms with E-state index in [-0.39, 0.29) is 35.9 Å². The Balaban J connectivity index is 0.00000312. The van der Waals surface area contributed by atoms with Gasteiger partial charge in [-0.05, 0) is 23.3 Å². The van der Waals surface area contributed by atoms with E-state index in [0.29, 0.717) is 13.1 Å². The number of hydrogen-bond acceptors (Lipinski definition) is 2. The number of aliphatic imine (C=N–C) groups is 1. The van der Waals surface area contributed by atoms with Crippen LogP contribution in [0.2, 0.25) is 0 Å². The van der Waals surface area contributed by atoms with Crippen LogP contribution in [-0.4, -0.2) is 38.6 Å². The summed E-state index contributed by atoms with van der Waals surface area (Å²) in [5.41, 5.74) is 2.00. The number of guanidine groups is 1. The van der Waals surface area contributed by atoms with Crippen LogP contribution in [0.25, 0.3) is 0 Å². The molecule has 0 bridgehead atoms. The van der Waals surface area contributed by atoms with E-state index in [9.17, 15) is 4.39 Å². The summed E-state index contributed by atoms with van der Waals surface area (Å²) >= 11 is 0. The largest absolute Gasteiger partial charge is 0.375 e. The second-order valence-corrected chi connectivity index (χ2v) is 5.55. The van der Waals surface area contributed by atoms with E-state index < -0.39 is 0 Å². The lowest BCUT2D eigenvalue weighted by molar-refractivity contribution is 0.106. The second kappa shape index (κ2) is 11.0. The molecule has 2 rings (SSSR count). The van der Waals surface area contributed by atoms with E-state index in [1.807, 2.05) is 48.3 Å². The molecule has 136 valence electrons. The van der Waals surface area contributed by atoms with Gasteiger partial charge in [0, 0.05) is 34.3 Å². The van der Waals surface area contributed by atoms with Crippen LogP contribution in [0, 0.1) is 5.82 Å². The molecule has 6 heteroatoms. The van der Waals surface area contributed by atoms with Crippen molar-refractivity contribution in [2.24, 2.45) is 4.99 Å². The van der Waals surface area contributed by atoms with Crippen molar-refractivity contribution in [2.75, 3.05) is 27.7 Å². The number of nitrogens with one attached hydrogen (secondary N) is 1. The first-order valence-electron chi connectivity index (χ1n) is 7.88. The summed E-state index contributed by atoms with van der Waals surface area (Å²) in [5.74, 6) is 0.504. The summed E-state index contributed by atoms with van der Waals surface area (Å²) in [7, 11) is 5.35. The smallest absolute Gasteiger partial charge is 0.193 e. The molecule has 1 N–H and O–H groups in total. The predicted octanol–water partition coefficient (Wildman–Crippen LogP) is 3.84. The molecule has 0 amide bonds. The number of nitrogens with zero attached hydrogens (tertiary/aromatic N) is 2. The molecule has 0 radical (unpaired) electrons. The Bertz CT molecular complexity index is 667. The molecule has 4 nitrogen and oxygen atoms in total. The second-order valence-electron chi connectivity index (χ2n) is 5.55. The molecule has 2 aromatic carbocycles. The van der Waals surface area contributed by atoms with Crippen LogP contribution in [0.15, 0.2) is 59.6 Å². The highest BCUT2D eigenvalue weighted by molar-refractivity contribution is 14.0. The molecular weight excluding hydrogens is 432 g/mol. The third-order valence-electron chi connectivity index (χ3n) is 3.78. The van der Waals surface area contributed by atoms with Gasteiger partial charge in [-0.2, -0.15) is 0 Å². The van der Waals surface area contributed by atoms with Gasteiger partial charge in [-0.15, -0.1) is 24.0 Å². The van der Waals surface area contributed by atoms with Gasteiger partial charge < -0.3 is 15.0 Å². The molecule has 25 heavy (non-hydrogen) atoms. The topological polar surface area (TPSA) is 36.9 Å². The monoisotopic (exact) mass is 457 g/mol. The van der Waals surface area contributed by atoms with Gasteiger partial charge in [-0.25, -0.2) is 4.39 Å². The van der Waals surface area contributed by atoms with Crippen molar-refractivity contribution in [1.29, 1.82) is 0 Å². The van der Waals surface area contributed by atoms with Crippen molar-refractivity contribution in [3.05, 3.63) is 71.5 Å². The third-order valence-corrected chi connectivity index (χ3v) is 3.78. The predicted molar refractivity (Wildman–Crippen MR) is 111 cm³/mol. The lowest BCUT2D eigenvalue weighted by atomic mass is 10.1. The Hall–Kier alpha value is -1.67. The standard InChI is InChI=1S/C19H24FN3O.HI/c1-21-19(23(2)14-15-8-7-11-17(20)12-15)22-13-18(24-3)16-9-5-4-6-10-16;/h4-12,18H,13-14H2,1-3H3,(H,21,22);1H. The van der Waals surface area contributed by atoms with Gasteiger partial charge in [0.05, 0.1) is 6.10 Å². The Kier molecular flexibility index (Phi) is 9.44. The highest BCUT2D eigenvalue weighted by Gasteiger charge is 2.13. The molecular formula is C19H25FIN3O. The first-order chi connectivity index (χ1) is 11.6. The summed E-state index contributed by atoms with van der Waals surface area (Å²) in [6, 6.07) is 16.6. The first-order valence-corrected chi connectivity index (χ1v) is 7.88. The molecule has 2 aromatic rings. The van der Waals surface area contributed by atoms with Crippen LogP contribution in [0.4, 0.5) is 4.39 Å². The van der Waals surface area contributed by atoms with Crippen molar-refractivity contribution in [3.63, 3.8) is 0 Å². The van der Waals surface area contributed by atoms with E-state index in [0.717, 1.165) is 17.1 Å². The molecule has 0 heterocycles. The molecule has 0 spiro atoms. The fourth-order valence-electron chi connectivity index (χ4n) is 2.56. The third kappa shape index (κ3) is 6.62. The first kappa shape index (κ1) is 21.4. The van der Waals surface area contributed by atoms with Gasteiger partial charge in [0.15, 0.2) is 5.96 Å². The van der Waals surface area contributed by atoms with Crippen molar-refractivity contribution < 1.29 is 9.13 Å². The minimum Gasteiger partial charge on any atom is -0.375 e. The SMILES string of the molecule is CN=C(NCC(OC)c1ccccc1)N(C)Cc1cccc(F)c1.I. The minimum atomic E-state index is -0.229. The maximum absolute atomic E-state index is 13.3. The van der Waals surface area contributed by atoms with E-state index in [1.165, 1.54) is 12.1 Å². The average molecular weight is 457 g/mol. The summed E-state index contributed by atoms with van der Waals surface area (Å²) in [6.45, 7) is 1.17. The molecule has 0 fully saturated rings. The zero-order chi connectivity index (χ0) is 17.4. The van der Waals surface area contributed by atoms with Crippen molar-refractivity contribution in [3.8, 4) is 0 Å². The van der Waals surface area contributed by atoms with Crippen LogP contribution < -0.4 is 5.32 Å². The Labute approximate surface area is 166 Å². The van der Waals surface area contributed by atoms with E-state index in [2.05, 4.69) is 10.3 Å². The molecule has 0 aromatic heterocycles. The zero-order valence-electron chi connectivity index (χ0n) is 14.8. The number of halogens is 2. The highest BCUT2D eigenvalue weighted by Crippen LogP contribution is 2.15. The summed E-state index contributed by atoms with van der Waals surface area (Å²) < 4.78 is 18.9. The zero-order valence-corrected chi connectivity index (χ0v) is 17.1. The molecule has 1 unspecified atom stereocenters. The van der Waals surface area contributed by atoms with Crippen LogP contribution >= 0.6 is 24.0 Å². The Morgan fingerprint density at radius 1 is 1.20 bits per heavy atom. The van der Waals surface area contributed by atoms with Gasteiger partial charge in [0.1, 0.15) is 5.82 Å². The normalized spacial score (nSPS) is 12.2. The summed E-state index contributed by atoms with van der Waals surface area (Å²) in [4.78, 5) is 6.24. The lowest BCUT2D eigenvalue weighted by Gasteiger charge is -2.24. The van der Waals surface area contributed by atoms with Crippen molar-refractivity contribution >= 4 is 29.9 Å². The molecule has 0 saturated heterocycles. The minimum absolute atomic E-state index is 0. The van der Waals surface area contributed by atoms with Gasteiger partial charge >= 0.3 is 0 Å². The van der Waals surface area contributed by atoms with Gasteiger partial charge in [-0.3, -0.25) is 4.99 Å². The number of ether oxygens (including phenoxy) is 1. The number of rotatable bonds is 6. The molecule has 0 aliphatic rings. The number of hydrogen-bond donors (Lipinski definition) is 1. The van der Waals surface area contributed by atoms with Crippen LogP contribution in [0.1, 0.15) is 17.2 Å².